The molecule has 6 nitrogen and oxygen atoms in total. The summed E-state index contributed by atoms with van der Waals surface area (Å²) >= 11 is 0. The van der Waals surface area contributed by atoms with E-state index in [1.807, 2.05) is 60.7 Å². The number of carbonyl (C=O) groups excluding carboxylic acids is 3. The highest BCUT2D eigenvalue weighted by Crippen LogP contribution is 2.19. The molecule has 3 aromatic carbocycles. The number of carbonyl (C=O) groups is 3. The highest BCUT2D eigenvalue weighted by atomic mass is 16.2. The van der Waals surface area contributed by atoms with E-state index in [0.29, 0.717) is 37.3 Å². The molecule has 4 rings (SSSR count). The first kappa shape index (κ1) is 23.0. The van der Waals surface area contributed by atoms with Crippen molar-refractivity contribution >= 4 is 29.4 Å². The Bertz CT molecular complexity index is 1180. The minimum Gasteiger partial charge on any atom is -0.368 e. The zero-order valence-electron chi connectivity index (χ0n) is 19.1. The Labute approximate surface area is 199 Å². The molecule has 0 unspecified atom stereocenters. The van der Waals surface area contributed by atoms with Crippen molar-refractivity contribution in [3.8, 4) is 0 Å². The first-order chi connectivity index (χ1) is 16.5. The van der Waals surface area contributed by atoms with Gasteiger partial charge in [0.25, 0.3) is 11.8 Å². The molecule has 34 heavy (non-hydrogen) atoms. The van der Waals surface area contributed by atoms with Crippen molar-refractivity contribution in [1.29, 1.82) is 0 Å². The van der Waals surface area contributed by atoms with E-state index < -0.39 is 0 Å². The Balaban J connectivity index is 1.47. The summed E-state index contributed by atoms with van der Waals surface area (Å²) in [6.07, 6.45) is 1.72. The molecule has 0 bridgehead atoms. The molecule has 1 heterocycles. The van der Waals surface area contributed by atoms with Crippen LogP contribution in [0.4, 0.5) is 5.69 Å². The van der Waals surface area contributed by atoms with Gasteiger partial charge in [-0.05, 0) is 55.0 Å². The third kappa shape index (κ3) is 5.59. The lowest BCUT2D eigenvalue weighted by molar-refractivity contribution is -0.127. The average Bonchev–Trinajstić information content (AvgIpc) is 2.89. The van der Waals surface area contributed by atoms with Crippen LogP contribution >= 0.6 is 0 Å². The van der Waals surface area contributed by atoms with Gasteiger partial charge in [-0.3, -0.25) is 14.4 Å². The summed E-state index contributed by atoms with van der Waals surface area (Å²) in [4.78, 5) is 41.7. The van der Waals surface area contributed by atoms with Crippen molar-refractivity contribution in [3.63, 3.8) is 0 Å². The molecule has 0 radical (unpaired) electrons. The van der Waals surface area contributed by atoms with Gasteiger partial charge in [-0.25, -0.2) is 0 Å². The van der Waals surface area contributed by atoms with E-state index >= 15 is 0 Å². The number of nitrogens with zero attached hydrogens (tertiary/aromatic N) is 2. The number of amides is 2. The van der Waals surface area contributed by atoms with Crippen LogP contribution in [0.3, 0.4) is 0 Å². The molecule has 1 aliphatic heterocycles. The van der Waals surface area contributed by atoms with E-state index in [1.54, 1.807) is 42.2 Å². The minimum atomic E-state index is -0.319. The average molecular weight is 454 g/mol. The fourth-order valence-corrected chi connectivity index (χ4v) is 3.90. The third-order valence-corrected chi connectivity index (χ3v) is 5.83. The molecule has 0 aromatic heterocycles. The molecular weight excluding hydrogens is 426 g/mol. The normalized spacial score (nSPS) is 14.0. The second-order valence-electron chi connectivity index (χ2n) is 8.17. The standard InChI is InChI=1S/C28H27N3O3/c1-21(32)23-12-14-25(15-13-23)30-16-18-31(19-17-30)28(34)26(20-22-8-4-2-5-9-22)29-27(33)24-10-6-3-7-11-24/h2-15,20H,16-19H2,1H3,(H,29,33)/b26-20+. The van der Waals surface area contributed by atoms with Crippen molar-refractivity contribution in [3.05, 3.63) is 107 Å². The van der Waals surface area contributed by atoms with Crippen molar-refractivity contribution in [2.75, 3.05) is 31.1 Å². The fourth-order valence-electron chi connectivity index (χ4n) is 3.90. The molecule has 1 aliphatic rings. The van der Waals surface area contributed by atoms with Crippen molar-refractivity contribution in [2.45, 2.75) is 6.92 Å². The quantitative estimate of drug-likeness (QED) is 0.452. The maximum Gasteiger partial charge on any atom is 0.270 e. The maximum atomic E-state index is 13.4. The van der Waals surface area contributed by atoms with Crippen LogP contribution in [0, 0.1) is 0 Å². The predicted molar refractivity (Wildman–Crippen MR) is 134 cm³/mol. The van der Waals surface area contributed by atoms with Crippen molar-refractivity contribution in [2.24, 2.45) is 0 Å². The lowest BCUT2D eigenvalue weighted by Crippen LogP contribution is -2.50. The topological polar surface area (TPSA) is 69.7 Å². The summed E-state index contributed by atoms with van der Waals surface area (Å²) in [7, 11) is 0. The van der Waals surface area contributed by atoms with Gasteiger partial charge >= 0.3 is 0 Å². The van der Waals surface area contributed by atoms with Crippen LogP contribution < -0.4 is 10.2 Å². The third-order valence-electron chi connectivity index (χ3n) is 5.83. The zero-order chi connectivity index (χ0) is 23.9. The SMILES string of the molecule is CC(=O)c1ccc(N2CCN(C(=O)/C(=C\c3ccccc3)NC(=O)c3ccccc3)CC2)cc1. The van der Waals surface area contributed by atoms with E-state index in [1.165, 1.54) is 0 Å². The van der Waals surface area contributed by atoms with Gasteiger partial charge < -0.3 is 15.1 Å². The van der Waals surface area contributed by atoms with E-state index in [0.717, 1.165) is 11.3 Å². The summed E-state index contributed by atoms with van der Waals surface area (Å²) in [5.74, 6) is -0.489. The second kappa shape index (κ2) is 10.6. The number of ketones is 1. The second-order valence-corrected chi connectivity index (χ2v) is 8.17. The Morgan fingerprint density at radius 2 is 1.32 bits per heavy atom. The number of hydrogen-bond donors (Lipinski definition) is 1. The van der Waals surface area contributed by atoms with Crippen LogP contribution in [-0.2, 0) is 4.79 Å². The summed E-state index contributed by atoms with van der Waals surface area (Å²) in [5.41, 5.74) is 3.28. The number of nitrogens with one attached hydrogen (secondary N) is 1. The molecule has 3 aromatic rings. The molecule has 1 fully saturated rings. The molecule has 0 aliphatic carbocycles. The highest BCUT2D eigenvalue weighted by Gasteiger charge is 2.25. The molecule has 6 heteroatoms. The Hall–Kier alpha value is -4.19. The smallest absolute Gasteiger partial charge is 0.270 e. The Morgan fingerprint density at radius 3 is 1.91 bits per heavy atom. The van der Waals surface area contributed by atoms with Crippen molar-refractivity contribution < 1.29 is 14.4 Å². The molecule has 1 saturated heterocycles. The van der Waals surface area contributed by atoms with Crippen LogP contribution in [-0.4, -0.2) is 48.7 Å². The molecule has 2 amide bonds. The van der Waals surface area contributed by atoms with Gasteiger partial charge in [-0.15, -0.1) is 0 Å². The minimum absolute atomic E-state index is 0.0391. The molecule has 1 N–H and O–H groups in total. The number of Topliss-reactive ketones (excluding diaryl/α,β-unsaturated/α-hetero) is 1. The van der Waals surface area contributed by atoms with Gasteiger partial charge in [0.15, 0.2) is 5.78 Å². The van der Waals surface area contributed by atoms with Gasteiger partial charge in [-0.2, -0.15) is 0 Å². The van der Waals surface area contributed by atoms with Crippen LogP contribution in [0.5, 0.6) is 0 Å². The Kier molecular flexibility index (Phi) is 7.18. The summed E-state index contributed by atoms with van der Waals surface area (Å²) < 4.78 is 0. The monoisotopic (exact) mass is 453 g/mol. The molecular formula is C28H27N3O3. The number of hydrogen-bond acceptors (Lipinski definition) is 4. The predicted octanol–water partition coefficient (Wildman–Crippen LogP) is 4.01. The lowest BCUT2D eigenvalue weighted by Gasteiger charge is -2.36. The van der Waals surface area contributed by atoms with Gasteiger partial charge in [0.05, 0.1) is 0 Å². The Morgan fingerprint density at radius 1 is 0.735 bits per heavy atom. The summed E-state index contributed by atoms with van der Waals surface area (Å²) in [6, 6.07) is 25.9. The number of piperazine rings is 1. The number of anilines is 1. The van der Waals surface area contributed by atoms with Gasteiger partial charge in [0.2, 0.25) is 0 Å². The lowest BCUT2D eigenvalue weighted by atomic mass is 10.1. The molecule has 172 valence electrons. The molecule has 0 spiro atoms. The van der Waals surface area contributed by atoms with Gasteiger partial charge in [-0.1, -0.05) is 48.5 Å². The van der Waals surface area contributed by atoms with Crippen LogP contribution in [0.1, 0.15) is 33.2 Å². The van der Waals surface area contributed by atoms with Crippen LogP contribution in [0.2, 0.25) is 0 Å². The number of benzene rings is 3. The van der Waals surface area contributed by atoms with Crippen LogP contribution in [0.25, 0.3) is 6.08 Å². The maximum absolute atomic E-state index is 13.4. The zero-order valence-corrected chi connectivity index (χ0v) is 19.1. The van der Waals surface area contributed by atoms with E-state index in [4.69, 9.17) is 0 Å². The number of rotatable bonds is 6. The largest absolute Gasteiger partial charge is 0.368 e. The van der Waals surface area contributed by atoms with Crippen LogP contribution in [0.15, 0.2) is 90.6 Å². The van der Waals surface area contributed by atoms with E-state index in [-0.39, 0.29) is 23.3 Å². The summed E-state index contributed by atoms with van der Waals surface area (Å²) in [6.45, 7) is 3.94. The van der Waals surface area contributed by atoms with Gasteiger partial charge in [0.1, 0.15) is 5.70 Å². The first-order valence-electron chi connectivity index (χ1n) is 11.3. The highest BCUT2D eigenvalue weighted by molar-refractivity contribution is 6.05. The van der Waals surface area contributed by atoms with Gasteiger partial charge in [0, 0.05) is 43.0 Å². The molecule has 0 saturated carbocycles. The molecule has 0 atom stereocenters. The van der Waals surface area contributed by atoms with E-state index in [2.05, 4.69) is 10.2 Å². The van der Waals surface area contributed by atoms with E-state index in [9.17, 15) is 14.4 Å². The summed E-state index contributed by atoms with van der Waals surface area (Å²) in [5, 5.41) is 2.82. The fraction of sp³-hybridized carbons (Fsp3) is 0.179. The first-order valence-corrected chi connectivity index (χ1v) is 11.3. The van der Waals surface area contributed by atoms with Crippen molar-refractivity contribution in [1.82, 2.24) is 10.2 Å².